The molecule has 0 saturated heterocycles. The Morgan fingerprint density at radius 3 is 1.61 bits per heavy atom. The molecule has 0 spiro atoms. The lowest BCUT2D eigenvalue weighted by molar-refractivity contribution is -0.161. The summed E-state index contributed by atoms with van der Waals surface area (Å²) < 4.78 is 16.7. The third-order valence-corrected chi connectivity index (χ3v) is 8.11. The van der Waals surface area contributed by atoms with Crippen LogP contribution in [-0.4, -0.2) is 37.2 Å². The molecule has 246 valence electrons. The van der Waals surface area contributed by atoms with Crippen molar-refractivity contribution in [2.75, 3.05) is 13.2 Å². The van der Waals surface area contributed by atoms with Crippen LogP contribution in [0, 0.1) is 0 Å². The van der Waals surface area contributed by atoms with Gasteiger partial charge < -0.3 is 14.2 Å². The van der Waals surface area contributed by atoms with Crippen molar-refractivity contribution >= 4 is 28.7 Å². The van der Waals surface area contributed by atoms with E-state index in [4.69, 9.17) is 14.2 Å². The predicted octanol–water partition coefficient (Wildman–Crippen LogP) is 10.3. The number of unbranched alkanes of at least 4 members (excludes halogenated alkanes) is 16. The maximum atomic E-state index is 13.0. The van der Waals surface area contributed by atoms with Crippen molar-refractivity contribution in [3.8, 4) is 0 Å². The fourth-order valence-electron chi connectivity index (χ4n) is 5.43. The summed E-state index contributed by atoms with van der Waals surface area (Å²) in [6, 6.07) is 13.1. The number of benzene rings is 2. The van der Waals surface area contributed by atoms with E-state index >= 15 is 0 Å². The van der Waals surface area contributed by atoms with Gasteiger partial charge in [-0.2, -0.15) is 0 Å². The smallest absolute Gasteiger partial charge is 0.338 e. The molecule has 2 aromatic carbocycles. The quantitative estimate of drug-likeness (QED) is 0.0599. The average molecular weight is 611 g/mol. The van der Waals surface area contributed by atoms with Gasteiger partial charge in [0.1, 0.15) is 13.2 Å². The summed E-state index contributed by atoms with van der Waals surface area (Å²) in [6.07, 6.45) is 20.8. The molecule has 0 aromatic heterocycles. The number of carbonyl (C=O) groups excluding carboxylic acids is 3. The predicted molar refractivity (Wildman–Crippen MR) is 179 cm³/mol. The van der Waals surface area contributed by atoms with Crippen LogP contribution in [0.1, 0.15) is 153 Å². The summed E-state index contributed by atoms with van der Waals surface area (Å²) in [5, 5.41) is 1.74. The number of fused-ring (bicyclic) bond motifs is 1. The van der Waals surface area contributed by atoms with Crippen LogP contribution in [0.4, 0.5) is 0 Å². The fraction of sp³-hybridized carbons (Fsp3) is 0.658. The van der Waals surface area contributed by atoms with Gasteiger partial charge in [0.05, 0.1) is 5.56 Å². The van der Waals surface area contributed by atoms with E-state index in [-0.39, 0.29) is 25.2 Å². The number of esters is 3. The van der Waals surface area contributed by atoms with Crippen LogP contribution in [0.15, 0.2) is 42.5 Å². The molecule has 6 nitrogen and oxygen atoms in total. The van der Waals surface area contributed by atoms with Gasteiger partial charge in [0.15, 0.2) is 6.10 Å². The highest BCUT2D eigenvalue weighted by Crippen LogP contribution is 2.20. The van der Waals surface area contributed by atoms with E-state index in [0.717, 1.165) is 49.3 Å². The minimum absolute atomic E-state index is 0.122. The molecule has 0 fully saturated rings. The highest BCUT2D eigenvalue weighted by Gasteiger charge is 2.21. The van der Waals surface area contributed by atoms with Crippen molar-refractivity contribution in [1.29, 1.82) is 0 Å². The standard InChI is InChI=1S/C38H58O6/c1-3-5-7-9-11-13-15-17-19-28-36(39)42-30-33(44-37(40)29-20-18-16-14-12-10-8-6-4-2)31-43-38(41)35-27-23-25-32-24-21-22-26-34(32)35/h21-27,33H,3-20,28-31H2,1-2H3. The first-order valence-electron chi connectivity index (χ1n) is 17.5. The molecule has 2 rings (SSSR count). The molecule has 0 heterocycles. The van der Waals surface area contributed by atoms with E-state index in [2.05, 4.69) is 13.8 Å². The van der Waals surface area contributed by atoms with Crippen LogP contribution in [0.2, 0.25) is 0 Å². The largest absolute Gasteiger partial charge is 0.462 e. The molecule has 0 aliphatic heterocycles. The Bertz CT molecular complexity index is 1060. The van der Waals surface area contributed by atoms with Gasteiger partial charge in [-0.1, -0.05) is 153 Å². The third kappa shape index (κ3) is 16.8. The Morgan fingerprint density at radius 1 is 0.545 bits per heavy atom. The van der Waals surface area contributed by atoms with Gasteiger partial charge in [0.2, 0.25) is 0 Å². The Morgan fingerprint density at radius 2 is 1.02 bits per heavy atom. The Hall–Kier alpha value is -2.89. The van der Waals surface area contributed by atoms with E-state index in [1.165, 1.54) is 77.0 Å². The summed E-state index contributed by atoms with van der Waals surface area (Å²) in [5.41, 5.74) is 0.449. The Labute approximate surface area is 266 Å². The second-order valence-corrected chi connectivity index (χ2v) is 12.1. The fourth-order valence-corrected chi connectivity index (χ4v) is 5.43. The summed E-state index contributed by atoms with van der Waals surface area (Å²) >= 11 is 0. The Balaban J connectivity index is 1.78. The summed E-state index contributed by atoms with van der Waals surface area (Å²) in [4.78, 5) is 38.1. The van der Waals surface area contributed by atoms with E-state index in [0.29, 0.717) is 18.4 Å². The van der Waals surface area contributed by atoms with Crippen molar-refractivity contribution in [3.63, 3.8) is 0 Å². The number of hydrogen-bond donors (Lipinski definition) is 0. The molecule has 0 saturated carbocycles. The normalized spacial score (nSPS) is 11.8. The van der Waals surface area contributed by atoms with Crippen molar-refractivity contribution < 1.29 is 28.6 Å². The molecule has 2 aromatic rings. The zero-order valence-electron chi connectivity index (χ0n) is 27.6. The van der Waals surface area contributed by atoms with Gasteiger partial charge >= 0.3 is 17.9 Å². The molecule has 0 amide bonds. The molecule has 0 bridgehead atoms. The number of hydrogen-bond acceptors (Lipinski definition) is 6. The van der Waals surface area contributed by atoms with E-state index in [9.17, 15) is 14.4 Å². The maximum Gasteiger partial charge on any atom is 0.338 e. The monoisotopic (exact) mass is 610 g/mol. The average Bonchev–Trinajstić information content (AvgIpc) is 3.04. The first-order chi connectivity index (χ1) is 21.5. The number of carbonyl (C=O) groups is 3. The van der Waals surface area contributed by atoms with Crippen LogP contribution >= 0.6 is 0 Å². The highest BCUT2D eigenvalue weighted by molar-refractivity contribution is 6.04. The van der Waals surface area contributed by atoms with Gasteiger partial charge in [-0.05, 0) is 29.7 Å². The molecule has 44 heavy (non-hydrogen) atoms. The lowest BCUT2D eigenvalue weighted by atomic mass is 10.1. The Kier molecular flexibility index (Phi) is 20.7. The first-order valence-corrected chi connectivity index (χ1v) is 17.5. The van der Waals surface area contributed by atoms with Crippen LogP contribution in [-0.2, 0) is 23.8 Å². The molecule has 1 unspecified atom stereocenters. The molecule has 1 atom stereocenters. The number of rotatable bonds is 26. The van der Waals surface area contributed by atoms with Gasteiger partial charge in [0, 0.05) is 12.8 Å². The number of ether oxygens (including phenoxy) is 3. The second-order valence-electron chi connectivity index (χ2n) is 12.1. The van der Waals surface area contributed by atoms with Crippen LogP contribution in [0.5, 0.6) is 0 Å². The molecule has 0 aliphatic carbocycles. The molecular formula is C38H58O6. The van der Waals surface area contributed by atoms with E-state index in [1.807, 2.05) is 36.4 Å². The van der Waals surface area contributed by atoms with Crippen molar-refractivity contribution in [3.05, 3.63) is 48.0 Å². The zero-order valence-corrected chi connectivity index (χ0v) is 27.6. The van der Waals surface area contributed by atoms with Gasteiger partial charge in [-0.25, -0.2) is 4.79 Å². The molecule has 0 radical (unpaired) electrons. The summed E-state index contributed by atoms with van der Waals surface area (Å²) in [5.74, 6) is -1.16. The topological polar surface area (TPSA) is 78.9 Å². The summed E-state index contributed by atoms with van der Waals surface area (Å²) in [7, 11) is 0. The third-order valence-electron chi connectivity index (χ3n) is 8.11. The molecule has 0 N–H and O–H groups in total. The van der Waals surface area contributed by atoms with Gasteiger partial charge in [-0.15, -0.1) is 0 Å². The van der Waals surface area contributed by atoms with Crippen LogP contribution in [0.3, 0.4) is 0 Å². The molecule has 6 heteroatoms. The second kappa shape index (κ2) is 24.4. The van der Waals surface area contributed by atoms with Crippen molar-refractivity contribution in [2.24, 2.45) is 0 Å². The minimum Gasteiger partial charge on any atom is -0.462 e. The zero-order chi connectivity index (χ0) is 31.7. The summed E-state index contributed by atoms with van der Waals surface area (Å²) in [6.45, 7) is 4.16. The van der Waals surface area contributed by atoms with Crippen LogP contribution < -0.4 is 0 Å². The van der Waals surface area contributed by atoms with Gasteiger partial charge in [-0.3, -0.25) is 9.59 Å². The molecular weight excluding hydrogens is 552 g/mol. The molecule has 0 aliphatic rings. The lowest BCUT2D eigenvalue weighted by Gasteiger charge is -2.18. The van der Waals surface area contributed by atoms with Crippen molar-refractivity contribution in [2.45, 2.75) is 148 Å². The van der Waals surface area contributed by atoms with Gasteiger partial charge in [0.25, 0.3) is 0 Å². The lowest BCUT2D eigenvalue weighted by Crippen LogP contribution is -2.31. The van der Waals surface area contributed by atoms with Crippen molar-refractivity contribution in [1.82, 2.24) is 0 Å². The SMILES string of the molecule is CCCCCCCCCCCC(=O)OCC(COC(=O)c1cccc2ccccc12)OC(=O)CCCCCCCCCCC. The highest BCUT2D eigenvalue weighted by atomic mass is 16.6. The first kappa shape index (κ1) is 37.3. The van der Waals surface area contributed by atoms with Crippen LogP contribution in [0.25, 0.3) is 10.8 Å². The minimum atomic E-state index is -0.841. The van der Waals surface area contributed by atoms with E-state index in [1.54, 1.807) is 6.07 Å². The van der Waals surface area contributed by atoms with E-state index < -0.39 is 12.1 Å². The maximum absolute atomic E-state index is 13.0.